The van der Waals surface area contributed by atoms with Gasteiger partial charge in [-0.25, -0.2) is 0 Å². The Balaban J connectivity index is 1.90. The second-order valence-electron chi connectivity index (χ2n) is 5.64. The first-order valence-corrected chi connectivity index (χ1v) is 7.27. The lowest BCUT2D eigenvalue weighted by molar-refractivity contribution is -0.117. The third-order valence-electron chi connectivity index (χ3n) is 3.59. The largest absolute Gasteiger partial charge is 0.311 e. The molecule has 0 atom stereocenters. The van der Waals surface area contributed by atoms with Gasteiger partial charge in [0.1, 0.15) is 0 Å². The zero-order chi connectivity index (χ0) is 13.7. The van der Waals surface area contributed by atoms with Crippen molar-refractivity contribution in [3.63, 3.8) is 0 Å². The lowest BCUT2D eigenvalue weighted by Crippen LogP contribution is -2.41. The van der Waals surface area contributed by atoms with Crippen LogP contribution in [0.3, 0.4) is 0 Å². The van der Waals surface area contributed by atoms with Gasteiger partial charge in [-0.1, -0.05) is 32.0 Å². The Morgan fingerprint density at radius 3 is 2.95 bits per heavy atom. The summed E-state index contributed by atoms with van der Waals surface area (Å²) in [5, 5.41) is 3.25. The third-order valence-corrected chi connectivity index (χ3v) is 3.59. The van der Waals surface area contributed by atoms with Crippen molar-refractivity contribution in [2.75, 3.05) is 24.5 Å². The normalized spacial score (nSPS) is 14.6. The van der Waals surface area contributed by atoms with Crippen molar-refractivity contribution < 1.29 is 4.79 Å². The Morgan fingerprint density at radius 1 is 1.37 bits per heavy atom. The van der Waals surface area contributed by atoms with Crippen LogP contribution in [0.25, 0.3) is 0 Å². The summed E-state index contributed by atoms with van der Waals surface area (Å²) in [5.74, 6) is 0.870. The fourth-order valence-corrected chi connectivity index (χ4v) is 2.47. The Labute approximate surface area is 116 Å². The highest BCUT2D eigenvalue weighted by molar-refractivity contribution is 5.95. The fraction of sp³-hybridized carbons (Fsp3) is 0.562. The van der Waals surface area contributed by atoms with Crippen molar-refractivity contribution in [1.29, 1.82) is 0 Å². The number of carbonyl (C=O) groups excluding carboxylic acids is 1. The van der Waals surface area contributed by atoms with E-state index in [0.29, 0.717) is 12.5 Å². The van der Waals surface area contributed by atoms with Crippen LogP contribution in [0.2, 0.25) is 0 Å². The van der Waals surface area contributed by atoms with Crippen LogP contribution >= 0.6 is 0 Å². The van der Waals surface area contributed by atoms with Gasteiger partial charge >= 0.3 is 0 Å². The first-order valence-electron chi connectivity index (χ1n) is 7.27. The number of rotatable bonds is 5. The summed E-state index contributed by atoms with van der Waals surface area (Å²) < 4.78 is 0. The molecule has 0 unspecified atom stereocenters. The molecule has 1 aliphatic heterocycles. The summed E-state index contributed by atoms with van der Waals surface area (Å²) >= 11 is 0. The van der Waals surface area contributed by atoms with Crippen LogP contribution in [-0.2, 0) is 11.2 Å². The molecule has 0 saturated carbocycles. The van der Waals surface area contributed by atoms with E-state index in [-0.39, 0.29) is 5.91 Å². The number of para-hydroxylation sites is 1. The fourth-order valence-electron chi connectivity index (χ4n) is 2.47. The zero-order valence-corrected chi connectivity index (χ0v) is 12.0. The van der Waals surface area contributed by atoms with E-state index in [1.807, 2.05) is 17.0 Å². The quantitative estimate of drug-likeness (QED) is 0.825. The smallest absolute Gasteiger partial charge is 0.240 e. The first-order chi connectivity index (χ1) is 9.18. The number of carbonyl (C=O) groups is 1. The molecular weight excluding hydrogens is 236 g/mol. The van der Waals surface area contributed by atoms with Crippen LogP contribution < -0.4 is 10.2 Å². The molecule has 0 fully saturated rings. The molecule has 0 radical (unpaired) electrons. The molecule has 2 rings (SSSR count). The standard InChI is InChI=1S/C16H24N2O/c1-13(2)9-10-17-12-16(19)18-11-5-7-14-6-3-4-8-15(14)18/h3-4,6,8,13,17H,5,7,9-12H2,1-2H3. The maximum atomic E-state index is 12.3. The lowest BCUT2D eigenvalue weighted by atomic mass is 10.0. The predicted octanol–water partition coefficient (Wildman–Crippen LogP) is 2.60. The summed E-state index contributed by atoms with van der Waals surface area (Å²) in [7, 11) is 0. The van der Waals surface area contributed by atoms with Crippen LogP contribution in [0.1, 0.15) is 32.3 Å². The molecule has 0 aliphatic carbocycles. The minimum atomic E-state index is 0.191. The van der Waals surface area contributed by atoms with Crippen molar-refractivity contribution in [1.82, 2.24) is 5.32 Å². The summed E-state index contributed by atoms with van der Waals surface area (Å²) in [5.41, 5.74) is 2.40. The molecule has 0 saturated heterocycles. The van der Waals surface area contributed by atoms with Crippen LogP contribution in [-0.4, -0.2) is 25.5 Å². The molecule has 1 amide bonds. The van der Waals surface area contributed by atoms with E-state index in [2.05, 4.69) is 31.3 Å². The Kier molecular flexibility index (Phi) is 4.97. The Bertz CT molecular complexity index is 429. The number of anilines is 1. The summed E-state index contributed by atoms with van der Waals surface area (Å²) in [6, 6.07) is 8.24. The van der Waals surface area contributed by atoms with Crippen molar-refractivity contribution in [3.8, 4) is 0 Å². The Hall–Kier alpha value is -1.35. The topological polar surface area (TPSA) is 32.3 Å². The highest BCUT2D eigenvalue weighted by Gasteiger charge is 2.21. The number of nitrogens with one attached hydrogen (secondary N) is 1. The van der Waals surface area contributed by atoms with Gasteiger partial charge < -0.3 is 10.2 Å². The van der Waals surface area contributed by atoms with E-state index < -0.39 is 0 Å². The van der Waals surface area contributed by atoms with Gasteiger partial charge in [0.25, 0.3) is 0 Å². The van der Waals surface area contributed by atoms with Gasteiger partial charge in [0.15, 0.2) is 0 Å². The van der Waals surface area contributed by atoms with Crippen LogP contribution in [0.4, 0.5) is 5.69 Å². The molecule has 1 N–H and O–H groups in total. The first kappa shape index (κ1) is 14.1. The van der Waals surface area contributed by atoms with E-state index in [9.17, 15) is 4.79 Å². The predicted molar refractivity (Wildman–Crippen MR) is 79.4 cm³/mol. The minimum absolute atomic E-state index is 0.191. The molecule has 0 bridgehead atoms. The number of amides is 1. The monoisotopic (exact) mass is 260 g/mol. The Morgan fingerprint density at radius 2 is 2.16 bits per heavy atom. The molecular formula is C16H24N2O. The summed E-state index contributed by atoms with van der Waals surface area (Å²) in [6.07, 6.45) is 3.26. The number of hydrogen-bond acceptors (Lipinski definition) is 2. The maximum absolute atomic E-state index is 12.3. The molecule has 3 heteroatoms. The van der Waals surface area contributed by atoms with Gasteiger partial charge in [0, 0.05) is 12.2 Å². The van der Waals surface area contributed by atoms with Crippen LogP contribution in [0.5, 0.6) is 0 Å². The van der Waals surface area contributed by atoms with E-state index in [1.54, 1.807) is 0 Å². The van der Waals surface area contributed by atoms with E-state index in [4.69, 9.17) is 0 Å². The molecule has 0 aromatic heterocycles. The molecule has 1 aromatic rings. The number of nitrogens with zero attached hydrogens (tertiary/aromatic N) is 1. The highest BCUT2D eigenvalue weighted by Crippen LogP contribution is 2.26. The van der Waals surface area contributed by atoms with Crippen LogP contribution in [0, 0.1) is 5.92 Å². The van der Waals surface area contributed by atoms with E-state index >= 15 is 0 Å². The van der Waals surface area contributed by atoms with Gasteiger partial charge in [-0.3, -0.25) is 4.79 Å². The molecule has 1 aromatic carbocycles. The van der Waals surface area contributed by atoms with Gasteiger partial charge in [-0.05, 0) is 43.4 Å². The number of aryl methyl sites for hydroxylation is 1. The van der Waals surface area contributed by atoms with Crippen LogP contribution in [0.15, 0.2) is 24.3 Å². The highest BCUT2D eigenvalue weighted by atomic mass is 16.2. The summed E-state index contributed by atoms with van der Waals surface area (Å²) in [6.45, 7) is 6.61. The minimum Gasteiger partial charge on any atom is -0.311 e. The average molecular weight is 260 g/mol. The van der Waals surface area contributed by atoms with Crippen molar-refractivity contribution in [2.45, 2.75) is 33.1 Å². The van der Waals surface area contributed by atoms with Gasteiger partial charge in [-0.2, -0.15) is 0 Å². The maximum Gasteiger partial charge on any atom is 0.240 e. The average Bonchev–Trinajstić information content (AvgIpc) is 2.42. The number of benzene rings is 1. The molecule has 1 aliphatic rings. The lowest BCUT2D eigenvalue weighted by Gasteiger charge is -2.29. The number of fused-ring (bicyclic) bond motifs is 1. The van der Waals surface area contributed by atoms with E-state index in [0.717, 1.165) is 38.0 Å². The third kappa shape index (κ3) is 3.80. The SMILES string of the molecule is CC(C)CCNCC(=O)N1CCCc2ccccc21. The molecule has 104 valence electrons. The van der Waals surface area contributed by atoms with Crippen molar-refractivity contribution in [3.05, 3.63) is 29.8 Å². The number of hydrogen-bond donors (Lipinski definition) is 1. The second kappa shape index (κ2) is 6.71. The summed E-state index contributed by atoms with van der Waals surface area (Å²) in [4.78, 5) is 14.2. The van der Waals surface area contributed by atoms with Gasteiger partial charge in [0.2, 0.25) is 5.91 Å². The zero-order valence-electron chi connectivity index (χ0n) is 12.0. The molecule has 3 nitrogen and oxygen atoms in total. The van der Waals surface area contributed by atoms with Gasteiger partial charge in [-0.15, -0.1) is 0 Å². The van der Waals surface area contributed by atoms with E-state index in [1.165, 1.54) is 5.56 Å². The van der Waals surface area contributed by atoms with Crippen molar-refractivity contribution >= 4 is 11.6 Å². The second-order valence-corrected chi connectivity index (χ2v) is 5.64. The molecule has 0 spiro atoms. The molecule has 19 heavy (non-hydrogen) atoms. The van der Waals surface area contributed by atoms with Crippen molar-refractivity contribution in [2.24, 2.45) is 5.92 Å². The van der Waals surface area contributed by atoms with Gasteiger partial charge in [0.05, 0.1) is 6.54 Å². The molecule has 1 heterocycles.